The number of para-hydroxylation sites is 1. The van der Waals surface area contributed by atoms with Crippen LogP contribution in [0.5, 0.6) is 5.75 Å². The summed E-state index contributed by atoms with van der Waals surface area (Å²) >= 11 is 0. The summed E-state index contributed by atoms with van der Waals surface area (Å²) in [7, 11) is 0. The maximum Gasteiger partial charge on any atom is 0.265 e. The van der Waals surface area contributed by atoms with Gasteiger partial charge in [0.2, 0.25) is 0 Å². The van der Waals surface area contributed by atoms with Crippen LogP contribution in [0.1, 0.15) is 30.1 Å². The number of nitrogens with zero attached hydrogens (tertiary/aromatic N) is 1. The van der Waals surface area contributed by atoms with Gasteiger partial charge in [0, 0.05) is 13.1 Å². The highest BCUT2D eigenvalue weighted by Crippen LogP contribution is 2.23. The third kappa shape index (κ3) is 4.24. The van der Waals surface area contributed by atoms with Gasteiger partial charge in [-0.2, -0.15) is 0 Å². The molecule has 0 bridgehead atoms. The van der Waals surface area contributed by atoms with E-state index in [4.69, 9.17) is 4.74 Å². The highest BCUT2D eigenvalue weighted by molar-refractivity contribution is 6.04. The first-order chi connectivity index (χ1) is 14.1. The van der Waals surface area contributed by atoms with E-state index >= 15 is 0 Å². The van der Waals surface area contributed by atoms with Crippen molar-refractivity contribution in [3.63, 3.8) is 0 Å². The molecule has 1 aliphatic heterocycles. The molecule has 1 saturated heterocycles. The molecule has 0 spiro atoms. The third-order valence-electron chi connectivity index (χ3n) is 5.21. The quantitative estimate of drug-likeness (QED) is 0.701. The molecule has 0 unspecified atom stereocenters. The first-order valence-electron chi connectivity index (χ1n) is 9.96. The van der Waals surface area contributed by atoms with Gasteiger partial charge in [0.25, 0.3) is 11.8 Å². The van der Waals surface area contributed by atoms with E-state index in [0.29, 0.717) is 17.0 Å². The van der Waals surface area contributed by atoms with E-state index in [9.17, 15) is 9.59 Å². The van der Waals surface area contributed by atoms with Crippen LogP contribution in [-0.2, 0) is 4.79 Å². The Morgan fingerprint density at radius 2 is 1.62 bits per heavy atom. The van der Waals surface area contributed by atoms with Gasteiger partial charge >= 0.3 is 0 Å². The molecule has 2 amide bonds. The zero-order chi connectivity index (χ0) is 20.2. The Labute approximate surface area is 170 Å². The number of amides is 2. The number of carbonyl (C=O) groups is 2. The topological polar surface area (TPSA) is 58.6 Å². The molecule has 5 heteroatoms. The molecule has 5 nitrogen and oxygen atoms in total. The van der Waals surface area contributed by atoms with Gasteiger partial charge in [-0.05, 0) is 54.8 Å². The van der Waals surface area contributed by atoms with E-state index in [0.717, 1.165) is 36.7 Å². The molecular formula is C24H24N2O3. The first-order valence-corrected chi connectivity index (χ1v) is 9.96. The van der Waals surface area contributed by atoms with E-state index in [1.165, 1.54) is 0 Å². The molecule has 1 aliphatic rings. The molecule has 0 saturated carbocycles. The first kappa shape index (κ1) is 19.0. The fourth-order valence-corrected chi connectivity index (χ4v) is 3.60. The molecule has 148 valence electrons. The number of ether oxygens (including phenoxy) is 1. The summed E-state index contributed by atoms with van der Waals surface area (Å²) < 4.78 is 5.85. The second-order valence-corrected chi connectivity index (χ2v) is 7.30. The minimum atomic E-state index is -0.703. The Bertz CT molecular complexity index is 1040. The number of benzene rings is 3. The van der Waals surface area contributed by atoms with Crippen molar-refractivity contribution >= 4 is 28.3 Å². The van der Waals surface area contributed by atoms with Gasteiger partial charge in [-0.3, -0.25) is 9.59 Å². The van der Waals surface area contributed by atoms with Gasteiger partial charge in [-0.15, -0.1) is 0 Å². The number of likely N-dealkylation sites (tertiary alicyclic amines) is 1. The molecule has 3 aromatic carbocycles. The van der Waals surface area contributed by atoms with Crippen molar-refractivity contribution in [2.75, 3.05) is 18.4 Å². The van der Waals surface area contributed by atoms with Crippen LogP contribution in [0, 0.1) is 0 Å². The lowest BCUT2D eigenvalue weighted by Gasteiger charge is -2.19. The summed E-state index contributed by atoms with van der Waals surface area (Å²) in [4.78, 5) is 27.3. The van der Waals surface area contributed by atoms with Crippen LogP contribution in [-0.4, -0.2) is 35.9 Å². The van der Waals surface area contributed by atoms with Gasteiger partial charge < -0.3 is 15.0 Å². The van der Waals surface area contributed by atoms with Gasteiger partial charge in [0.15, 0.2) is 6.10 Å². The molecule has 1 N–H and O–H groups in total. The maximum atomic E-state index is 12.8. The standard InChI is InChI=1S/C24H24N2O3/c1-17(29-20-13-12-18-8-2-3-9-19(18)16-20)23(27)25-22-11-5-4-10-21(22)24(28)26-14-6-7-15-26/h2-5,8-13,16-17H,6-7,14-15H2,1H3,(H,25,27)/t17-/m1/s1. The fraction of sp³-hybridized carbons (Fsp3) is 0.250. The van der Waals surface area contributed by atoms with Crippen LogP contribution < -0.4 is 10.1 Å². The minimum absolute atomic E-state index is 0.0403. The number of hydrogen-bond acceptors (Lipinski definition) is 3. The second kappa shape index (κ2) is 8.35. The predicted molar refractivity (Wildman–Crippen MR) is 114 cm³/mol. The average Bonchev–Trinajstić information content (AvgIpc) is 3.28. The Morgan fingerprint density at radius 1 is 0.931 bits per heavy atom. The summed E-state index contributed by atoms with van der Waals surface area (Å²) in [5.41, 5.74) is 1.03. The number of anilines is 1. The lowest BCUT2D eigenvalue weighted by molar-refractivity contribution is -0.122. The van der Waals surface area contributed by atoms with Crippen LogP contribution >= 0.6 is 0 Å². The summed E-state index contributed by atoms with van der Waals surface area (Å²) in [6.07, 6.45) is 1.35. The summed E-state index contributed by atoms with van der Waals surface area (Å²) in [5.74, 6) is 0.300. The van der Waals surface area contributed by atoms with E-state index in [1.807, 2.05) is 59.5 Å². The monoisotopic (exact) mass is 388 g/mol. The fourth-order valence-electron chi connectivity index (χ4n) is 3.60. The van der Waals surface area contributed by atoms with Crippen molar-refractivity contribution < 1.29 is 14.3 Å². The molecule has 1 heterocycles. The van der Waals surface area contributed by atoms with Gasteiger partial charge in [0.05, 0.1) is 11.3 Å². The maximum absolute atomic E-state index is 12.8. The number of nitrogens with one attached hydrogen (secondary N) is 1. The SMILES string of the molecule is C[C@@H](Oc1ccc2ccccc2c1)C(=O)Nc1ccccc1C(=O)N1CCCC1. The van der Waals surface area contributed by atoms with Crippen molar-refractivity contribution in [1.29, 1.82) is 0 Å². The predicted octanol–water partition coefficient (Wildman–Crippen LogP) is 4.48. The summed E-state index contributed by atoms with van der Waals surface area (Å²) in [6, 6.07) is 20.9. The van der Waals surface area contributed by atoms with Crippen molar-refractivity contribution in [1.82, 2.24) is 4.90 Å². The molecule has 0 radical (unpaired) electrons. The number of fused-ring (bicyclic) bond motifs is 1. The molecular weight excluding hydrogens is 364 g/mol. The lowest BCUT2D eigenvalue weighted by atomic mass is 10.1. The molecule has 0 aliphatic carbocycles. The molecule has 0 aromatic heterocycles. The lowest BCUT2D eigenvalue weighted by Crippen LogP contribution is -2.32. The van der Waals surface area contributed by atoms with Crippen LogP contribution in [0.3, 0.4) is 0 Å². The smallest absolute Gasteiger partial charge is 0.265 e. The van der Waals surface area contributed by atoms with E-state index in [-0.39, 0.29) is 11.8 Å². The van der Waals surface area contributed by atoms with Crippen LogP contribution in [0.15, 0.2) is 66.7 Å². The van der Waals surface area contributed by atoms with Crippen molar-refractivity contribution in [3.8, 4) is 5.75 Å². The van der Waals surface area contributed by atoms with Crippen molar-refractivity contribution in [2.45, 2.75) is 25.9 Å². The van der Waals surface area contributed by atoms with Gasteiger partial charge in [0.1, 0.15) is 5.75 Å². The van der Waals surface area contributed by atoms with Crippen LogP contribution in [0.4, 0.5) is 5.69 Å². The molecule has 1 fully saturated rings. The van der Waals surface area contributed by atoms with Gasteiger partial charge in [-0.25, -0.2) is 0 Å². The average molecular weight is 388 g/mol. The largest absolute Gasteiger partial charge is 0.481 e. The number of rotatable bonds is 5. The zero-order valence-electron chi connectivity index (χ0n) is 16.4. The summed E-state index contributed by atoms with van der Waals surface area (Å²) in [5, 5.41) is 5.03. The number of carbonyl (C=O) groups excluding carboxylic acids is 2. The highest BCUT2D eigenvalue weighted by atomic mass is 16.5. The number of hydrogen-bond donors (Lipinski definition) is 1. The molecule has 3 aromatic rings. The second-order valence-electron chi connectivity index (χ2n) is 7.30. The van der Waals surface area contributed by atoms with E-state index in [1.54, 1.807) is 19.1 Å². The summed E-state index contributed by atoms with van der Waals surface area (Å²) in [6.45, 7) is 3.24. The normalized spacial score (nSPS) is 14.6. The zero-order valence-corrected chi connectivity index (χ0v) is 16.4. The Kier molecular flexibility index (Phi) is 5.47. The Hall–Kier alpha value is -3.34. The third-order valence-corrected chi connectivity index (χ3v) is 5.21. The van der Waals surface area contributed by atoms with Crippen LogP contribution in [0.25, 0.3) is 10.8 Å². The van der Waals surface area contributed by atoms with Crippen molar-refractivity contribution in [3.05, 3.63) is 72.3 Å². The van der Waals surface area contributed by atoms with Gasteiger partial charge in [-0.1, -0.05) is 42.5 Å². The van der Waals surface area contributed by atoms with Crippen LogP contribution in [0.2, 0.25) is 0 Å². The highest BCUT2D eigenvalue weighted by Gasteiger charge is 2.23. The molecule has 4 rings (SSSR count). The van der Waals surface area contributed by atoms with E-state index < -0.39 is 6.10 Å². The van der Waals surface area contributed by atoms with E-state index in [2.05, 4.69) is 5.32 Å². The van der Waals surface area contributed by atoms with Crippen molar-refractivity contribution in [2.24, 2.45) is 0 Å². The Balaban J connectivity index is 1.46. The minimum Gasteiger partial charge on any atom is -0.481 e. The molecule has 29 heavy (non-hydrogen) atoms. The molecule has 1 atom stereocenters. The Morgan fingerprint density at radius 3 is 2.41 bits per heavy atom.